The van der Waals surface area contributed by atoms with Crippen molar-refractivity contribution in [2.24, 2.45) is 17.8 Å². The van der Waals surface area contributed by atoms with Gasteiger partial charge in [-0.25, -0.2) is 19.6 Å². The second kappa shape index (κ2) is 15.4. The molecule has 0 radical (unpaired) electrons. The Morgan fingerprint density at radius 1 is 0.845 bits per heavy atom. The summed E-state index contributed by atoms with van der Waals surface area (Å²) in [5, 5.41) is 8.85. The van der Waals surface area contributed by atoms with Crippen LogP contribution >= 0.6 is 11.3 Å². The van der Waals surface area contributed by atoms with Crippen LogP contribution in [-0.4, -0.2) is 92.1 Å². The van der Waals surface area contributed by atoms with E-state index in [2.05, 4.69) is 63.9 Å². The molecule has 58 heavy (non-hydrogen) atoms. The highest BCUT2D eigenvalue weighted by molar-refractivity contribution is 7.23. The SMILES string of the molecule is COC(=O)N[C@H](C(=O)N1CCC[C@H]1c1ncc(-c2ccc3c(ccc4cc(-c5cnc([C@@H]6[C@H]7CC[C@@](C)(C7)N6C(=O)[C@@H](NC(=O)OC)C(C)C)[nH]5)sc43)c2)[nH]1)C(C)C. The lowest BCUT2D eigenvalue weighted by Crippen LogP contribution is -2.57. The zero-order valence-corrected chi connectivity index (χ0v) is 34.9. The van der Waals surface area contributed by atoms with Crippen LogP contribution < -0.4 is 10.6 Å². The van der Waals surface area contributed by atoms with Crippen molar-refractivity contribution < 1.29 is 28.7 Å². The van der Waals surface area contributed by atoms with Crippen LogP contribution in [0.3, 0.4) is 0 Å². The van der Waals surface area contributed by atoms with Gasteiger partial charge < -0.3 is 39.9 Å². The number of likely N-dealkylation sites (tertiary alicyclic amines) is 2. The first kappa shape index (κ1) is 39.4. The number of carbonyl (C=O) groups excluding carboxylic acids is 4. The summed E-state index contributed by atoms with van der Waals surface area (Å²) in [5.74, 6) is 1.30. The third-order valence-electron chi connectivity index (χ3n) is 12.5. The molecule has 2 aliphatic heterocycles. The van der Waals surface area contributed by atoms with Crippen LogP contribution in [0, 0.1) is 17.8 Å². The van der Waals surface area contributed by atoms with Gasteiger partial charge in [0.15, 0.2) is 0 Å². The smallest absolute Gasteiger partial charge is 0.407 e. The molecule has 2 aromatic carbocycles. The van der Waals surface area contributed by atoms with Crippen molar-refractivity contribution in [1.82, 2.24) is 40.4 Å². The Morgan fingerprint density at radius 2 is 1.50 bits per heavy atom. The summed E-state index contributed by atoms with van der Waals surface area (Å²) in [4.78, 5) is 73.7. The molecular formula is C43H52N8O6S. The highest BCUT2D eigenvalue weighted by Gasteiger charge is 2.58. The Bertz CT molecular complexity index is 2380. The highest BCUT2D eigenvalue weighted by Crippen LogP contribution is 2.56. The zero-order valence-electron chi connectivity index (χ0n) is 34.0. The van der Waals surface area contributed by atoms with Crippen LogP contribution in [0.1, 0.15) is 90.5 Å². The molecule has 306 valence electrons. The van der Waals surface area contributed by atoms with E-state index in [1.807, 2.05) is 49.9 Å². The third-order valence-corrected chi connectivity index (χ3v) is 13.7. The van der Waals surface area contributed by atoms with Gasteiger partial charge in [-0.2, -0.15) is 0 Å². The molecule has 6 atom stereocenters. The Kier molecular flexibility index (Phi) is 10.4. The molecule has 5 heterocycles. The van der Waals surface area contributed by atoms with Crippen molar-refractivity contribution in [3.05, 3.63) is 60.4 Å². The van der Waals surface area contributed by atoms with E-state index in [-0.39, 0.29) is 47.2 Å². The van der Waals surface area contributed by atoms with Crippen molar-refractivity contribution >= 4 is 56.2 Å². The summed E-state index contributed by atoms with van der Waals surface area (Å²) in [6.45, 7) is 10.4. The number of thiophene rings is 1. The van der Waals surface area contributed by atoms with Crippen LogP contribution in [0.2, 0.25) is 0 Å². The number of amides is 4. The van der Waals surface area contributed by atoms with Gasteiger partial charge in [0.1, 0.15) is 23.7 Å². The predicted molar refractivity (Wildman–Crippen MR) is 222 cm³/mol. The fourth-order valence-electron chi connectivity index (χ4n) is 9.48. The number of imidazole rings is 2. The Morgan fingerprint density at radius 3 is 2.21 bits per heavy atom. The first-order valence-corrected chi connectivity index (χ1v) is 21.0. The number of aromatic amines is 2. The maximum Gasteiger partial charge on any atom is 0.407 e. The molecule has 3 fully saturated rings. The molecule has 14 nitrogen and oxygen atoms in total. The number of alkyl carbamates (subject to hydrolysis) is 2. The minimum atomic E-state index is -0.707. The van der Waals surface area contributed by atoms with E-state index in [0.29, 0.717) is 6.54 Å². The number of hydrogen-bond acceptors (Lipinski definition) is 9. The number of nitrogens with zero attached hydrogens (tertiary/aromatic N) is 4. The molecule has 0 unspecified atom stereocenters. The van der Waals surface area contributed by atoms with Gasteiger partial charge in [-0.05, 0) is 85.1 Å². The largest absolute Gasteiger partial charge is 0.453 e. The van der Waals surface area contributed by atoms with Gasteiger partial charge in [0.2, 0.25) is 11.8 Å². The lowest BCUT2D eigenvalue weighted by molar-refractivity contribution is -0.143. The fourth-order valence-corrected chi connectivity index (χ4v) is 10.6. The second-order valence-corrected chi connectivity index (χ2v) is 18.0. The molecule has 5 aromatic rings. The van der Waals surface area contributed by atoms with Crippen LogP contribution in [0.15, 0.2) is 48.8 Å². The number of aromatic nitrogens is 4. The molecular weight excluding hydrogens is 757 g/mol. The molecule has 4 N–H and O–H groups in total. The molecule has 8 rings (SSSR count). The number of hydrogen-bond donors (Lipinski definition) is 4. The molecule has 2 bridgehead atoms. The number of methoxy groups -OCH3 is 2. The van der Waals surface area contributed by atoms with Gasteiger partial charge in [-0.1, -0.05) is 52.0 Å². The highest BCUT2D eigenvalue weighted by atomic mass is 32.1. The summed E-state index contributed by atoms with van der Waals surface area (Å²) in [6, 6.07) is 11.0. The van der Waals surface area contributed by atoms with Crippen molar-refractivity contribution in [1.29, 1.82) is 0 Å². The van der Waals surface area contributed by atoms with Gasteiger partial charge in [0.05, 0.1) is 55.0 Å². The van der Waals surface area contributed by atoms with E-state index < -0.39 is 24.3 Å². The summed E-state index contributed by atoms with van der Waals surface area (Å²) < 4.78 is 10.8. The molecule has 3 aromatic heterocycles. The molecule has 0 spiro atoms. The van der Waals surface area contributed by atoms with Crippen LogP contribution in [0.4, 0.5) is 9.59 Å². The number of ether oxygens (including phenoxy) is 2. The molecule has 1 aliphatic carbocycles. The molecule has 4 amide bonds. The quantitative estimate of drug-likeness (QED) is 0.111. The number of rotatable bonds is 10. The van der Waals surface area contributed by atoms with E-state index >= 15 is 0 Å². The lowest BCUT2D eigenvalue weighted by atomic mass is 9.93. The topological polar surface area (TPSA) is 175 Å². The number of piperidine rings is 1. The molecule has 1 saturated carbocycles. The summed E-state index contributed by atoms with van der Waals surface area (Å²) in [5.41, 5.74) is 2.45. The summed E-state index contributed by atoms with van der Waals surface area (Å²) in [7, 11) is 2.60. The lowest BCUT2D eigenvalue weighted by Gasteiger charge is -2.43. The van der Waals surface area contributed by atoms with Crippen LogP contribution in [-0.2, 0) is 19.1 Å². The number of carbonyl (C=O) groups is 4. The van der Waals surface area contributed by atoms with Crippen molar-refractivity contribution in [2.45, 2.75) is 96.4 Å². The van der Waals surface area contributed by atoms with E-state index in [9.17, 15) is 19.2 Å². The number of H-pyrrole nitrogens is 2. The maximum absolute atomic E-state index is 14.2. The average Bonchev–Trinajstić information content (AvgIpc) is 4.07. The van der Waals surface area contributed by atoms with Gasteiger partial charge in [0.25, 0.3) is 0 Å². The molecule has 3 aliphatic rings. The molecule has 2 saturated heterocycles. The second-order valence-electron chi connectivity index (χ2n) is 17.0. The van der Waals surface area contributed by atoms with Gasteiger partial charge in [-0.3, -0.25) is 9.59 Å². The Balaban J connectivity index is 1.03. The van der Waals surface area contributed by atoms with Crippen LogP contribution in [0.5, 0.6) is 0 Å². The molecule has 15 heteroatoms. The Labute approximate surface area is 341 Å². The van der Waals surface area contributed by atoms with Gasteiger partial charge in [0, 0.05) is 22.3 Å². The maximum atomic E-state index is 14.2. The number of benzene rings is 2. The monoisotopic (exact) mass is 808 g/mol. The Hall–Kier alpha value is -5.44. The van der Waals surface area contributed by atoms with Crippen molar-refractivity contribution in [2.75, 3.05) is 20.8 Å². The number of fused-ring (bicyclic) bond motifs is 5. The normalized spacial score (nSPS) is 22.6. The summed E-state index contributed by atoms with van der Waals surface area (Å²) >= 11 is 1.71. The summed E-state index contributed by atoms with van der Waals surface area (Å²) in [6.07, 6.45) is 6.91. The zero-order chi connectivity index (χ0) is 41.0. The average molecular weight is 809 g/mol. The van der Waals surface area contributed by atoms with E-state index in [0.717, 1.165) is 81.7 Å². The van der Waals surface area contributed by atoms with E-state index in [1.165, 1.54) is 18.9 Å². The van der Waals surface area contributed by atoms with Crippen molar-refractivity contribution in [3.63, 3.8) is 0 Å². The van der Waals surface area contributed by atoms with Gasteiger partial charge in [-0.15, -0.1) is 11.3 Å². The van der Waals surface area contributed by atoms with Crippen LogP contribution in [0.25, 0.3) is 42.7 Å². The third kappa shape index (κ3) is 6.96. The minimum absolute atomic E-state index is 0.104. The van der Waals surface area contributed by atoms with Crippen molar-refractivity contribution in [3.8, 4) is 21.8 Å². The predicted octanol–water partition coefficient (Wildman–Crippen LogP) is 7.70. The standard InChI is InChI=1S/C43H52N8O6S/c1-22(2)33(48-41(54)56-6)39(52)50-16-8-9-31(50)37-44-20-29(46-37)25-12-13-28-24(17-25)10-11-26-18-32(58-36(26)28)30-21-45-38(47-30)35-27-14-15-43(5,19-27)51(35)40(53)34(23(3)4)49-42(55)57-7/h10-13,17-18,20-23,27,31,33-35H,8-9,14-16,19H2,1-7H3,(H,44,46)(H,45,47)(H,48,54)(H,49,55)/t27-,31-,33-,34-,35-,43-/m0/s1. The van der Waals surface area contributed by atoms with E-state index in [1.54, 1.807) is 11.3 Å². The van der Waals surface area contributed by atoms with E-state index in [4.69, 9.17) is 19.4 Å². The first-order chi connectivity index (χ1) is 27.8. The minimum Gasteiger partial charge on any atom is -0.453 e. The first-order valence-electron chi connectivity index (χ1n) is 20.2. The number of nitrogens with one attached hydrogen (secondary N) is 4. The van der Waals surface area contributed by atoms with Gasteiger partial charge >= 0.3 is 12.2 Å². The fraction of sp³-hybridized carbons (Fsp3) is 0.488.